The van der Waals surface area contributed by atoms with E-state index in [9.17, 15) is 9.59 Å². The average Bonchev–Trinajstić information content (AvgIpc) is 2.58. The predicted octanol–water partition coefficient (Wildman–Crippen LogP) is -0.944. The van der Waals surface area contributed by atoms with Crippen LogP contribution < -0.4 is 21.3 Å². The van der Waals surface area contributed by atoms with Crippen LogP contribution in [0.1, 0.15) is 12.1 Å². The summed E-state index contributed by atoms with van der Waals surface area (Å²) in [5, 5.41) is 12.1. The van der Waals surface area contributed by atoms with Crippen molar-refractivity contribution in [2.75, 3.05) is 39.3 Å². The molecule has 1 aliphatic rings. The van der Waals surface area contributed by atoms with Crippen LogP contribution in [0.3, 0.4) is 0 Å². The first kappa shape index (κ1) is 17.4. The normalized spacial score (nSPS) is 19.0. The zero-order valence-corrected chi connectivity index (χ0v) is 13.3. The fraction of sp³-hybridized carbons (Fsp3) is 0.562. The molecule has 0 radical (unpaired) electrons. The second-order valence-corrected chi connectivity index (χ2v) is 5.49. The molecular formula is C16H25N5O2. The first-order chi connectivity index (χ1) is 11.3. The summed E-state index contributed by atoms with van der Waals surface area (Å²) in [5.41, 5.74) is 0.888. The number of hydrogen-bond acceptors (Lipinski definition) is 5. The van der Waals surface area contributed by atoms with Crippen molar-refractivity contribution in [3.63, 3.8) is 0 Å². The zero-order chi connectivity index (χ0) is 16.3. The van der Waals surface area contributed by atoms with Gasteiger partial charge in [-0.3, -0.25) is 14.6 Å². The van der Waals surface area contributed by atoms with E-state index in [1.165, 1.54) is 0 Å². The molecule has 4 N–H and O–H groups in total. The molecule has 2 rings (SSSR count). The van der Waals surface area contributed by atoms with E-state index >= 15 is 0 Å². The Morgan fingerprint density at radius 1 is 0.913 bits per heavy atom. The van der Waals surface area contributed by atoms with Crippen molar-refractivity contribution in [3.05, 3.63) is 30.1 Å². The van der Waals surface area contributed by atoms with Gasteiger partial charge >= 0.3 is 0 Å². The van der Waals surface area contributed by atoms with Gasteiger partial charge in [0.05, 0.1) is 0 Å². The molecule has 0 unspecified atom stereocenters. The van der Waals surface area contributed by atoms with Crippen LogP contribution in [0, 0.1) is 5.92 Å². The third-order valence-corrected chi connectivity index (χ3v) is 3.73. The Morgan fingerprint density at radius 2 is 1.52 bits per heavy atom. The molecule has 0 saturated carbocycles. The second kappa shape index (κ2) is 9.91. The summed E-state index contributed by atoms with van der Waals surface area (Å²) in [6, 6.07) is 5.66. The van der Waals surface area contributed by atoms with E-state index in [0.717, 1.165) is 18.8 Å². The van der Waals surface area contributed by atoms with E-state index in [1.54, 1.807) is 6.20 Å². The number of pyridine rings is 1. The molecule has 1 fully saturated rings. The van der Waals surface area contributed by atoms with Crippen LogP contribution in [0.4, 0.5) is 0 Å². The Labute approximate surface area is 136 Å². The standard InChI is InChI=1S/C16H25N5O2/c22-15-14(5-4-13-3-1-2-6-19-13)16(23)21-12-10-18-8-7-17-9-11-20-15/h1-3,6,14,17-18H,4-5,7-12H2,(H,20,22)(H,21,23). The van der Waals surface area contributed by atoms with Crippen LogP contribution in [-0.4, -0.2) is 56.1 Å². The number of nitrogens with one attached hydrogen (secondary N) is 4. The minimum absolute atomic E-state index is 0.215. The fourth-order valence-corrected chi connectivity index (χ4v) is 2.44. The molecule has 1 aromatic heterocycles. The van der Waals surface area contributed by atoms with Crippen LogP contribution in [-0.2, 0) is 16.0 Å². The number of carbonyl (C=O) groups is 2. The van der Waals surface area contributed by atoms with Crippen molar-refractivity contribution in [2.45, 2.75) is 12.8 Å². The molecule has 0 aromatic carbocycles. The lowest BCUT2D eigenvalue weighted by Gasteiger charge is -2.16. The highest BCUT2D eigenvalue weighted by atomic mass is 16.2. The molecule has 7 nitrogen and oxygen atoms in total. The molecule has 1 saturated heterocycles. The van der Waals surface area contributed by atoms with E-state index in [0.29, 0.717) is 39.0 Å². The van der Waals surface area contributed by atoms with Gasteiger partial charge in [-0.05, 0) is 25.0 Å². The summed E-state index contributed by atoms with van der Waals surface area (Å²) >= 11 is 0. The molecule has 0 spiro atoms. The minimum atomic E-state index is -0.683. The van der Waals surface area contributed by atoms with Crippen LogP contribution in [0.2, 0.25) is 0 Å². The SMILES string of the molecule is O=C1NCCNCCNCCNC(=O)C1CCc1ccccn1. The van der Waals surface area contributed by atoms with Gasteiger partial charge in [0.1, 0.15) is 5.92 Å². The van der Waals surface area contributed by atoms with E-state index in [1.807, 2.05) is 18.2 Å². The monoisotopic (exact) mass is 319 g/mol. The smallest absolute Gasteiger partial charge is 0.232 e. The molecule has 2 amide bonds. The molecule has 2 heterocycles. The topological polar surface area (TPSA) is 95.1 Å². The van der Waals surface area contributed by atoms with E-state index in [4.69, 9.17) is 0 Å². The molecule has 7 heteroatoms. The van der Waals surface area contributed by atoms with Crippen LogP contribution in [0.15, 0.2) is 24.4 Å². The second-order valence-electron chi connectivity index (χ2n) is 5.49. The molecule has 0 atom stereocenters. The van der Waals surface area contributed by atoms with E-state index < -0.39 is 5.92 Å². The Morgan fingerprint density at radius 3 is 2.09 bits per heavy atom. The average molecular weight is 319 g/mol. The van der Waals surface area contributed by atoms with Crippen molar-refractivity contribution in [1.82, 2.24) is 26.3 Å². The lowest BCUT2D eigenvalue weighted by atomic mass is 9.99. The zero-order valence-electron chi connectivity index (χ0n) is 13.3. The Balaban J connectivity index is 1.94. The van der Waals surface area contributed by atoms with Crippen LogP contribution in [0.5, 0.6) is 0 Å². The number of rotatable bonds is 3. The fourth-order valence-electron chi connectivity index (χ4n) is 2.44. The van der Waals surface area contributed by atoms with Crippen molar-refractivity contribution in [2.24, 2.45) is 5.92 Å². The minimum Gasteiger partial charge on any atom is -0.354 e. The molecule has 0 aliphatic carbocycles. The Bertz CT molecular complexity index is 471. The van der Waals surface area contributed by atoms with E-state index in [2.05, 4.69) is 26.3 Å². The molecule has 1 aliphatic heterocycles. The highest BCUT2D eigenvalue weighted by Crippen LogP contribution is 2.09. The molecular weight excluding hydrogens is 294 g/mol. The summed E-state index contributed by atoms with van der Waals surface area (Å²) in [7, 11) is 0. The van der Waals surface area contributed by atoms with Gasteiger partial charge in [0, 0.05) is 51.2 Å². The lowest BCUT2D eigenvalue weighted by Crippen LogP contribution is -2.44. The van der Waals surface area contributed by atoms with Gasteiger partial charge in [0.15, 0.2) is 0 Å². The summed E-state index contributed by atoms with van der Waals surface area (Å²) in [6.45, 7) is 4.11. The molecule has 126 valence electrons. The highest BCUT2D eigenvalue weighted by Gasteiger charge is 2.26. The number of nitrogens with zero attached hydrogens (tertiary/aromatic N) is 1. The number of hydrogen-bond donors (Lipinski definition) is 4. The van der Waals surface area contributed by atoms with Gasteiger partial charge in [0.25, 0.3) is 0 Å². The number of aryl methyl sites for hydroxylation is 1. The summed E-state index contributed by atoms with van der Waals surface area (Å²) < 4.78 is 0. The maximum Gasteiger partial charge on any atom is 0.232 e. The maximum atomic E-state index is 12.3. The summed E-state index contributed by atoms with van der Waals surface area (Å²) in [5.74, 6) is -1.11. The number of aromatic nitrogens is 1. The van der Waals surface area contributed by atoms with Crippen LogP contribution >= 0.6 is 0 Å². The summed E-state index contributed by atoms with van der Waals surface area (Å²) in [4.78, 5) is 28.9. The first-order valence-electron chi connectivity index (χ1n) is 8.14. The van der Waals surface area contributed by atoms with Gasteiger partial charge in [-0.2, -0.15) is 0 Å². The van der Waals surface area contributed by atoms with Crippen molar-refractivity contribution in [1.29, 1.82) is 0 Å². The molecule has 0 bridgehead atoms. The van der Waals surface area contributed by atoms with Crippen molar-refractivity contribution >= 4 is 11.8 Å². The van der Waals surface area contributed by atoms with Gasteiger partial charge in [-0.15, -0.1) is 0 Å². The highest BCUT2D eigenvalue weighted by molar-refractivity contribution is 6.00. The summed E-state index contributed by atoms with van der Waals surface area (Å²) in [6.07, 6.45) is 2.77. The third-order valence-electron chi connectivity index (χ3n) is 3.73. The van der Waals surface area contributed by atoms with Crippen LogP contribution in [0.25, 0.3) is 0 Å². The number of amides is 2. The third kappa shape index (κ3) is 6.33. The maximum absolute atomic E-state index is 12.3. The van der Waals surface area contributed by atoms with Gasteiger partial charge in [-0.25, -0.2) is 0 Å². The number of carbonyl (C=O) groups excluding carboxylic acids is 2. The molecule has 1 aromatic rings. The Hall–Kier alpha value is -1.99. The lowest BCUT2D eigenvalue weighted by molar-refractivity contribution is -0.135. The first-order valence-corrected chi connectivity index (χ1v) is 8.14. The Kier molecular flexibility index (Phi) is 7.48. The quantitative estimate of drug-likeness (QED) is 0.539. The van der Waals surface area contributed by atoms with E-state index in [-0.39, 0.29) is 11.8 Å². The van der Waals surface area contributed by atoms with Gasteiger partial charge < -0.3 is 21.3 Å². The van der Waals surface area contributed by atoms with Crippen molar-refractivity contribution < 1.29 is 9.59 Å². The van der Waals surface area contributed by atoms with Gasteiger partial charge in [0.2, 0.25) is 11.8 Å². The largest absolute Gasteiger partial charge is 0.354 e. The molecule has 23 heavy (non-hydrogen) atoms. The predicted molar refractivity (Wildman–Crippen MR) is 87.8 cm³/mol. The van der Waals surface area contributed by atoms with Gasteiger partial charge in [-0.1, -0.05) is 6.07 Å². The van der Waals surface area contributed by atoms with Crippen molar-refractivity contribution in [3.8, 4) is 0 Å².